The van der Waals surface area contributed by atoms with Crippen LogP contribution >= 0.6 is 0 Å². The van der Waals surface area contributed by atoms with Gasteiger partial charge in [0.05, 0.1) is 30.9 Å². The second-order valence-corrected chi connectivity index (χ2v) is 8.43. The quantitative estimate of drug-likeness (QED) is 0.377. The second-order valence-electron chi connectivity index (χ2n) is 8.43. The van der Waals surface area contributed by atoms with Crippen LogP contribution in [0.25, 0.3) is 34.0 Å². The van der Waals surface area contributed by atoms with E-state index in [1.807, 2.05) is 30.4 Å². The molecule has 36 heavy (non-hydrogen) atoms. The molecule has 0 aliphatic heterocycles. The molecular formula is C27H24N4O5. The van der Waals surface area contributed by atoms with Crippen molar-refractivity contribution in [1.29, 1.82) is 0 Å². The monoisotopic (exact) mass is 484 g/mol. The van der Waals surface area contributed by atoms with Gasteiger partial charge in [-0.05, 0) is 41.5 Å². The van der Waals surface area contributed by atoms with E-state index in [-0.39, 0.29) is 0 Å². The molecule has 0 N–H and O–H groups in total. The molecule has 182 valence electrons. The molecule has 0 aromatic carbocycles. The molecule has 0 amide bonds. The molecule has 4 aromatic rings. The van der Waals surface area contributed by atoms with E-state index in [0.29, 0.717) is 34.0 Å². The van der Waals surface area contributed by atoms with Crippen LogP contribution in [0.4, 0.5) is 0 Å². The molecular weight excluding hydrogens is 460 g/mol. The third-order valence-electron chi connectivity index (χ3n) is 7.07. The van der Waals surface area contributed by atoms with Gasteiger partial charge in [-0.1, -0.05) is 0 Å². The molecule has 4 heterocycles. The molecule has 9 heteroatoms. The molecule has 0 radical (unpaired) electrons. The minimum Gasteiger partial charge on any atom is -0.497 e. The molecule has 0 spiro atoms. The number of aromatic nitrogens is 4. The smallest absolute Gasteiger partial charge is 0.272 e. The predicted molar refractivity (Wildman–Crippen MR) is 133 cm³/mol. The van der Waals surface area contributed by atoms with Crippen molar-refractivity contribution in [2.24, 2.45) is 0 Å². The van der Waals surface area contributed by atoms with Gasteiger partial charge in [-0.3, -0.25) is 19.9 Å². The molecule has 9 nitrogen and oxygen atoms in total. The van der Waals surface area contributed by atoms with Crippen molar-refractivity contribution in [3.8, 4) is 0 Å². The Bertz CT molecular complexity index is 1590. The lowest BCUT2D eigenvalue weighted by Crippen LogP contribution is -2.39. The van der Waals surface area contributed by atoms with Crippen LogP contribution in [0.3, 0.4) is 0 Å². The Balaban J connectivity index is 1.75. The maximum Gasteiger partial charge on any atom is 0.272 e. The van der Waals surface area contributed by atoms with E-state index in [1.165, 1.54) is 0 Å². The highest BCUT2D eigenvalue weighted by Crippen LogP contribution is 2.51. The van der Waals surface area contributed by atoms with Crippen LogP contribution in [0.1, 0.15) is 28.1 Å². The van der Waals surface area contributed by atoms with Crippen molar-refractivity contribution in [1.82, 2.24) is 19.9 Å². The molecule has 2 aliphatic carbocycles. The van der Waals surface area contributed by atoms with Crippen LogP contribution in [-0.4, -0.2) is 55.5 Å². The van der Waals surface area contributed by atoms with Gasteiger partial charge < -0.3 is 23.7 Å². The third-order valence-corrected chi connectivity index (χ3v) is 7.07. The zero-order valence-electron chi connectivity index (χ0n) is 20.5. The van der Waals surface area contributed by atoms with Crippen molar-refractivity contribution in [3.63, 3.8) is 0 Å². The summed E-state index contributed by atoms with van der Waals surface area (Å²) in [5.74, 6) is -0.291. The van der Waals surface area contributed by atoms with E-state index in [4.69, 9.17) is 38.6 Å². The molecule has 1 unspecified atom stereocenters. The van der Waals surface area contributed by atoms with Gasteiger partial charge in [-0.15, -0.1) is 0 Å². The van der Waals surface area contributed by atoms with E-state index in [2.05, 4.69) is 4.98 Å². The standard InChI is InChI=1S/C27H24N4O5/c1-32-19-12-15-6-9-28-18-8-11-30-24(21(15)18)26(19,34-3)17-14-31-25-22-16(7-10-29-23(17)22)13-20(33-2)27(25,35-4)36-5/h6-14H,1-5H3. The van der Waals surface area contributed by atoms with Gasteiger partial charge in [0, 0.05) is 62.5 Å². The fraction of sp³-hybridized carbons (Fsp3) is 0.259. The van der Waals surface area contributed by atoms with Crippen molar-refractivity contribution in [2.75, 3.05) is 35.5 Å². The average Bonchev–Trinajstić information content (AvgIpc) is 2.93. The zero-order valence-corrected chi connectivity index (χ0v) is 20.5. The minimum atomic E-state index is -1.33. The molecule has 1 atom stereocenters. The highest BCUT2D eigenvalue weighted by atomic mass is 16.7. The van der Waals surface area contributed by atoms with Crippen molar-refractivity contribution >= 4 is 34.0 Å². The molecule has 0 fully saturated rings. The lowest BCUT2D eigenvalue weighted by Gasteiger charge is -2.39. The van der Waals surface area contributed by atoms with E-state index in [9.17, 15) is 0 Å². The maximum atomic E-state index is 6.34. The first kappa shape index (κ1) is 22.5. The first-order valence-electron chi connectivity index (χ1n) is 11.3. The largest absolute Gasteiger partial charge is 0.497 e. The van der Waals surface area contributed by atoms with Gasteiger partial charge in [0.15, 0.2) is 11.4 Å². The van der Waals surface area contributed by atoms with E-state index < -0.39 is 11.4 Å². The third kappa shape index (κ3) is 2.64. The molecule has 0 saturated carbocycles. The van der Waals surface area contributed by atoms with Crippen molar-refractivity contribution in [2.45, 2.75) is 11.4 Å². The normalized spacial score (nSPS) is 19.7. The summed E-state index contributed by atoms with van der Waals surface area (Å²) >= 11 is 0. The number of ether oxygens (including phenoxy) is 5. The Morgan fingerprint density at radius 2 is 1.31 bits per heavy atom. The topological polar surface area (TPSA) is 97.7 Å². The fourth-order valence-electron chi connectivity index (χ4n) is 5.48. The van der Waals surface area contributed by atoms with Gasteiger partial charge >= 0.3 is 0 Å². The summed E-state index contributed by atoms with van der Waals surface area (Å²) in [5.41, 5.74) is 3.90. The fourth-order valence-corrected chi connectivity index (χ4v) is 5.48. The van der Waals surface area contributed by atoms with Crippen LogP contribution in [0, 0.1) is 0 Å². The average molecular weight is 485 g/mol. The lowest BCUT2D eigenvalue weighted by molar-refractivity contribution is -0.210. The second kappa shape index (κ2) is 8.06. The Hall–Kier alpha value is -3.92. The summed E-state index contributed by atoms with van der Waals surface area (Å²) in [5, 5.41) is 1.64. The van der Waals surface area contributed by atoms with Gasteiger partial charge in [0.2, 0.25) is 0 Å². The predicted octanol–water partition coefficient (Wildman–Crippen LogP) is 3.91. The van der Waals surface area contributed by atoms with Gasteiger partial charge in [-0.25, -0.2) is 0 Å². The summed E-state index contributed by atoms with van der Waals surface area (Å²) in [7, 11) is 7.92. The number of pyridine rings is 4. The number of hydrogen-bond acceptors (Lipinski definition) is 9. The summed E-state index contributed by atoms with van der Waals surface area (Å²) in [6, 6.07) is 5.71. The lowest BCUT2D eigenvalue weighted by atomic mass is 9.79. The van der Waals surface area contributed by atoms with Gasteiger partial charge in [-0.2, -0.15) is 0 Å². The number of hydrogen-bond donors (Lipinski definition) is 0. The highest BCUT2D eigenvalue weighted by molar-refractivity contribution is 5.98. The first-order chi connectivity index (χ1) is 17.6. The zero-order chi connectivity index (χ0) is 25.1. The Kier molecular flexibility index (Phi) is 5.04. The number of methoxy groups -OCH3 is 5. The van der Waals surface area contributed by atoms with E-state index in [1.54, 1.807) is 60.3 Å². The molecule has 0 saturated heterocycles. The van der Waals surface area contributed by atoms with Crippen LogP contribution in [-0.2, 0) is 35.1 Å². The highest BCUT2D eigenvalue weighted by Gasteiger charge is 2.50. The first-order valence-corrected chi connectivity index (χ1v) is 11.3. The van der Waals surface area contributed by atoms with Crippen LogP contribution in [0.5, 0.6) is 0 Å². The molecule has 0 bridgehead atoms. The van der Waals surface area contributed by atoms with Crippen LogP contribution < -0.4 is 0 Å². The van der Waals surface area contributed by atoms with Crippen LogP contribution in [0.2, 0.25) is 0 Å². The van der Waals surface area contributed by atoms with Gasteiger partial charge in [0.25, 0.3) is 5.79 Å². The van der Waals surface area contributed by atoms with E-state index >= 15 is 0 Å². The Labute approximate surface area is 207 Å². The van der Waals surface area contributed by atoms with E-state index in [0.717, 1.165) is 27.4 Å². The Morgan fingerprint density at radius 3 is 2.00 bits per heavy atom. The number of nitrogens with zero attached hydrogens (tertiary/aromatic N) is 4. The molecule has 2 aliphatic rings. The molecule has 6 rings (SSSR count). The Morgan fingerprint density at radius 1 is 0.639 bits per heavy atom. The SMILES string of the molecule is COC1=Cc2ccnc3c(C4(OC)C(OC)=Cc5ccnc6ccnc4c56)cnc(c23)C1(OC)OC. The van der Waals surface area contributed by atoms with Crippen molar-refractivity contribution in [3.05, 3.63) is 82.6 Å². The minimum absolute atomic E-state index is 0.482. The van der Waals surface area contributed by atoms with Gasteiger partial charge in [0.1, 0.15) is 11.5 Å². The van der Waals surface area contributed by atoms with Crippen LogP contribution in [0.15, 0.2) is 54.5 Å². The maximum absolute atomic E-state index is 6.34. The summed E-state index contributed by atoms with van der Waals surface area (Å²) in [6.45, 7) is 0. The van der Waals surface area contributed by atoms with Crippen molar-refractivity contribution < 1.29 is 23.7 Å². The number of rotatable bonds is 6. The summed E-state index contributed by atoms with van der Waals surface area (Å²) in [4.78, 5) is 19.0. The summed E-state index contributed by atoms with van der Waals surface area (Å²) in [6.07, 6.45) is 10.8. The summed E-state index contributed by atoms with van der Waals surface area (Å²) < 4.78 is 29.7. The molecule has 4 aromatic heterocycles.